The number of aliphatic hydroxyl groups excluding tert-OH is 1. The van der Waals surface area contributed by atoms with Gasteiger partial charge in [0.2, 0.25) is 0 Å². The Hall–Kier alpha value is -3.95. The average molecular weight is 542 g/mol. The number of ether oxygens (including phenoxy) is 1. The number of fused-ring (bicyclic) bond motifs is 2. The van der Waals surface area contributed by atoms with Gasteiger partial charge in [-0.1, -0.05) is 17.7 Å². The van der Waals surface area contributed by atoms with Gasteiger partial charge in [0.05, 0.1) is 22.6 Å². The number of H-pyrrole nitrogens is 1. The molecule has 0 radical (unpaired) electrons. The van der Waals surface area contributed by atoms with Gasteiger partial charge in [-0.15, -0.1) is 0 Å². The molecule has 3 aromatic rings. The van der Waals surface area contributed by atoms with Crippen molar-refractivity contribution in [1.29, 1.82) is 0 Å². The van der Waals surface area contributed by atoms with E-state index in [2.05, 4.69) is 15.6 Å². The fraction of sp³-hybridized carbons (Fsp3) is 0.387. The summed E-state index contributed by atoms with van der Waals surface area (Å²) in [6.07, 6.45) is 3.20. The molecule has 2 aromatic carbocycles. The van der Waals surface area contributed by atoms with Crippen LogP contribution in [0.25, 0.3) is 0 Å². The second-order valence-corrected chi connectivity index (χ2v) is 11.0. The molecule has 40 heavy (non-hydrogen) atoms. The molecule has 1 unspecified atom stereocenters. The smallest absolute Gasteiger partial charge is 0.259 e. The first kappa shape index (κ1) is 26.3. The van der Waals surface area contributed by atoms with Gasteiger partial charge in [0.25, 0.3) is 11.5 Å². The van der Waals surface area contributed by atoms with Crippen LogP contribution < -0.4 is 20.9 Å². The number of rotatable bonds is 8. The van der Waals surface area contributed by atoms with E-state index in [1.807, 2.05) is 49.1 Å². The van der Waals surface area contributed by atoms with Crippen LogP contribution in [0.5, 0.6) is 5.75 Å². The molecular weight excluding hydrogens is 506 g/mol. The first-order valence-electron chi connectivity index (χ1n) is 14.0. The Morgan fingerprint density at radius 3 is 2.75 bits per heavy atom. The molecule has 0 saturated carbocycles. The number of hydrogen-bond donors (Lipinski definition) is 4. The SMILES string of the molecule is Cc1ccc(OCC(O)CNc2cc[nH]c(=O)c2C2=Nc3cc4c(cc3C2)C(=O)N(C2CCNCC2)C4)c(C)c1. The minimum Gasteiger partial charge on any atom is -0.491 e. The Bertz CT molecular complexity index is 1540. The average Bonchev–Trinajstić information content (AvgIpc) is 3.50. The number of aromatic amines is 1. The molecule has 1 fully saturated rings. The van der Waals surface area contributed by atoms with Crippen LogP contribution in [0, 0.1) is 13.8 Å². The fourth-order valence-corrected chi connectivity index (χ4v) is 5.93. The third-order valence-electron chi connectivity index (χ3n) is 8.04. The predicted octanol–water partition coefficient (Wildman–Crippen LogP) is 3.23. The van der Waals surface area contributed by atoms with Crippen molar-refractivity contribution in [2.24, 2.45) is 4.99 Å². The highest BCUT2D eigenvalue weighted by Crippen LogP contribution is 2.37. The van der Waals surface area contributed by atoms with Gasteiger partial charge in [0.15, 0.2) is 0 Å². The Morgan fingerprint density at radius 2 is 1.95 bits per heavy atom. The lowest BCUT2D eigenvalue weighted by molar-refractivity contribution is 0.0668. The number of piperidine rings is 1. The number of anilines is 1. The molecular formula is C31H35N5O4. The summed E-state index contributed by atoms with van der Waals surface area (Å²) >= 11 is 0. The van der Waals surface area contributed by atoms with Crippen molar-refractivity contribution in [3.63, 3.8) is 0 Å². The summed E-state index contributed by atoms with van der Waals surface area (Å²) in [4.78, 5) is 35.8. The number of pyridine rings is 1. The monoisotopic (exact) mass is 541 g/mol. The number of carbonyl (C=O) groups excluding carboxylic acids is 1. The van der Waals surface area contributed by atoms with Crippen LogP contribution in [0.15, 0.2) is 52.4 Å². The molecule has 1 amide bonds. The van der Waals surface area contributed by atoms with E-state index in [4.69, 9.17) is 9.73 Å². The van der Waals surface area contributed by atoms with E-state index in [-0.39, 0.29) is 30.7 Å². The van der Waals surface area contributed by atoms with Gasteiger partial charge in [-0.25, -0.2) is 0 Å². The molecule has 3 aliphatic heterocycles. The van der Waals surface area contributed by atoms with Crippen molar-refractivity contribution in [3.05, 3.63) is 86.3 Å². The minimum absolute atomic E-state index is 0.0927. The van der Waals surface area contributed by atoms with Crippen LogP contribution in [0.1, 0.15) is 51.0 Å². The maximum atomic E-state index is 13.3. The van der Waals surface area contributed by atoms with Crippen LogP contribution >= 0.6 is 0 Å². The van der Waals surface area contributed by atoms with Gasteiger partial charge < -0.3 is 30.4 Å². The zero-order valence-corrected chi connectivity index (χ0v) is 22.9. The highest BCUT2D eigenvalue weighted by molar-refractivity contribution is 6.10. The first-order chi connectivity index (χ1) is 19.4. The molecule has 1 atom stereocenters. The quantitative estimate of drug-likeness (QED) is 0.348. The van der Waals surface area contributed by atoms with E-state index in [0.29, 0.717) is 29.9 Å². The zero-order valence-electron chi connectivity index (χ0n) is 22.9. The molecule has 0 bridgehead atoms. The Balaban J connectivity index is 1.15. The predicted molar refractivity (Wildman–Crippen MR) is 155 cm³/mol. The molecule has 1 saturated heterocycles. The number of benzene rings is 2. The van der Waals surface area contributed by atoms with Crippen molar-refractivity contribution in [2.75, 3.05) is 31.6 Å². The van der Waals surface area contributed by atoms with Crippen LogP contribution in [0.4, 0.5) is 11.4 Å². The molecule has 1 aromatic heterocycles. The first-order valence-corrected chi connectivity index (χ1v) is 14.0. The maximum absolute atomic E-state index is 13.3. The molecule has 9 nitrogen and oxygen atoms in total. The van der Waals surface area contributed by atoms with Gasteiger partial charge >= 0.3 is 0 Å². The number of hydrogen-bond acceptors (Lipinski definition) is 7. The topological polar surface area (TPSA) is 119 Å². The maximum Gasteiger partial charge on any atom is 0.259 e. The number of aliphatic imine (C=N–C) groups is 1. The van der Waals surface area contributed by atoms with E-state index in [0.717, 1.165) is 65.2 Å². The van der Waals surface area contributed by atoms with Crippen molar-refractivity contribution in [3.8, 4) is 5.75 Å². The molecule has 208 valence electrons. The fourth-order valence-electron chi connectivity index (χ4n) is 5.93. The summed E-state index contributed by atoms with van der Waals surface area (Å²) in [5.74, 6) is 0.832. The standard InChI is InChI=1S/C31H35N5O4/c1-18-3-4-28(19(2)11-18)40-17-23(37)15-34-25-7-10-33-30(38)29(25)27-13-20-12-24-21(14-26(20)35-27)16-36(31(24)39)22-5-8-32-9-6-22/h3-4,7,10-12,14,22-23,32,37H,5-6,8-9,13,15-17H2,1-2H3,(H2,33,34,38). The largest absolute Gasteiger partial charge is 0.491 e. The van der Waals surface area contributed by atoms with Gasteiger partial charge in [0, 0.05) is 37.3 Å². The molecule has 0 spiro atoms. The third kappa shape index (κ3) is 5.14. The molecule has 0 aliphatic carbocycles. The number of aromatic nitrogens is 1. The second-order valence-electron chi connectivity index (χ2n) is 11.0. The summed E-state index contributed by atoms with van der Waals surface area (Å²) < 4.78 is 5.82. The summed E-state index contributed by atoms with van der Waals surface area (Å²) in [5.41, 5.74) is 7.12. The highest BCUT2D eigenvalue weighted by atomic mass is 16.5. The van der Waals surface area contributed by atoms with Crippen molar-refractivity contribution >= 4 is 23.0 Å². The number of carbonyl (C=O) groups is 1. The number of amides is 1. The van der Waals surface area contributed by atoms with Crippen LogP contribution in [0.2, 0.25) is 0 Å². The van der Waals surface area contributed by atoms with Gasteiger partial charge in [0.1, 0.15) is 18.5 Å². The van der Waals surface area contributed by atoms with Crippen molar-refractivity contribution in [1.82, 2.24) is 15.2 Å². The molecule has 9 heteroatoms. The lowest BCUT2D eigenvalue weighted by Gasteiger charge is -2.31. The summed E-state index contributed by atoms with van der Waals surface area (Å²) in [5, 5.41) is 17.2. The van der Waals surface area contributed by atoms with E-state index in [1.54, 1.807) is 12.3 Å². The van der Waals surface area contributed by atoms with E-state index in [1.165, 1.54) is 0 Å². The minimum atomic E-state index is -0.785. The van der Waals surface area contributed by atoms with E-state index >= 15 is 0 Å². The Labute approximate surface area is 233 Å². The van der Waals surface area contributed by atoms with Gasteiger partial charge in [-0.2, -0.15) is 0 Å². The summed E-state index contributed by atoms with van der Waals surface area (Å²) in [7, 11) is 0. The molecule has 3 aliphatic rings. The van der Waals surface area contributed by atoms with E-state index < -0.39 is 6.10 Å². The number of aliphatic hydroxyl groups is 1. The third-order valence-corrected chi connectivity index (χ3v) is 8.04. The zero-order chi connectivity index (χ0) is 27.8. The van der Waals surface area contributed by atoms with Crippen molar-refractivity contribution < 1.29 is 14.6 Å². The van der Waals surface area contributed by atoms with Gasteiger partial charge in [-0.05, 0) is 80.7 Å². The Kier molecular flexibility index (Phi) is 7.16. The van der Waals surface area contributed by atoms with Crippen LogP contribution in [0.3, 0.4) is 0 Å². The van der Waals surface area contributed by atoms with Crippen molar-refractivity contribution in [2.45, 2.75) is 51.8 Å². The number of nitrogens with one attached hydrogen (secondary N) is 3. The molecule has 4 heterocycles. The van der Waals surface area contributed by atoms with Gasteiger partial charge in [-0.3, -0.25) is 14.6 Å². The van der Waals surface area contributed by atoms with Crippen LogP contribution in [-0.4, -0.2) is 65.0 Å². The van der Waals surface area contributed by atoms with Crippen LogP contribution in [-0.2, 0) is 13.0 Å². The Morgan fingerprint density at radius 1 is 1.12 bits per heavy atom. The second kappa shape index (κ2) is 10.9. The van der Waals surface area contributed by atoms with E-state index in [9.17, 15) is 14.7 Å². The summed E-state index contributed by atoms with van der Waals surface area (Å²) in [6.45, 7) is 6.81. The summed E-state index contributed by atoms with van der Waals surface area (Å²) in [6, 6.07) is 11.9. The highest BCUT2D eigenvalue weighted by Gasteiger charge is 2.35. The lowest BCUT2D eigenvalue weighted by Crippen LogP contribution is -2.43. The molecule has 4 N–H and O–H groups in total. The number of nitrogens with zero attached hydrogens (tertiary/aromatic N) is 2. The normalized spacial score (nSPS) is 17.4. The number of aryl methyl sites for hydroxylation is 2. The molecule has 6 rings (SSSR count). The lowest BCUT2D eigenvalue weighted by atomic mass is 10.00.